The monoisotopic (exact) mass is 501 g/mol. The predicted molar refractivity (Wildman–Crippen MR) is 145 cm³/mol. The molecule has 0 radical (unpaired) electrons. The largest absolute Gasteiger partial charge is 0.493 e. The topological polar surface area (TPSA) is 72.1 Å². The molecule has 2 amide bonds. The fourth-order valence-electron chi connectivity index (χ4n) is 6.01. The quantitative estimate of drug-likeness (QED) is 0.427. The average Bonchev–Trinajstić information content (AvgIpc) is 3.25. The minimum Gasteiger partial charge on any atom is -0.493 e. The second-order valence-corrected chi connectivity index (χ2v) is 9.99. The maximum atomic E-state index is 12.9. The van der Waals surface area contributed by atoms with Crippen LogP contribution in [0.3, 0.4) is 0 Å². The van der Waals surface area contributed by atoms with Crippen LogP contribution in [0, 0.1) is 0 Å². The third-order valence-electron chi connectivity index (χ3n) is 7.89. The van der Waals surface area contributed by atoms with E-state index in [9.17, 15) is 4.79 Å². The maximum absolute atomic E-state index is 12.9. The summed E-state index contributed by atoms with van der Waals surface area (Å²) in [4.78, 5) is 15.4. The van der Waals surface area contributed by atoms with Gasteiger partial charge in [0.25, 0.3) is 0 Å². The fourth-order valence-corrected chi connectivity index (χ4v) is 6.01. The zero-order valence-corrected chi connectivity index (χ0v) is 21.7. The standard InChI is InChI=1S/C30H35N3O4/c1-33-17-16-30(21-12-13-26(35-2)27(18-21)36-3)15-14-23(20-28(30)33)32-29(34)31-22-8-7-11-25(19-22)37-24-9-5-4-6-10-24/h4-13,18-19,23,28H,14-17,20H2,1-3H3,(H2,31,32,34)/t23-,28+,30-/m0/s1. The molecule has 2 aliphatic rings. The molecule has 3 atom stereocenters. The normalized spacial score (nSPS) is 23.1. The first kappa shape index (κ1) is 25.0. The number of anilines is 1. The lowest BCUT2D eigenvalue weighted by atomic mass is 9.65. The van der Waals surface area contributed by atoms with Gasteiger partial charge in [0.05, 0.1) is 14.2 Å². The summed E-state index contributed by atoms with van der Waals surface area (Å²) < 4.78 is 17.0. The molecule has 1 aliphatic heterocycles. The Balaban J connectivity index is 1.24. The minimum absolute atomic E-state index is 0.0477. The van der Waals surface area contributed by atoms with Gasteiger partial charge in [-0.3, -0.25) is 0 Å². The highest BCUT2D eigenvalue weighted by Crippen LogP contribution is 2.49. The third-order valence-corrected chi connectivity index (χ3v) is 7.89. The molecule has 1 heterocycles. The van der Waals surface area contributed by atoms with Crippen molar-refractivity contribution in [2.24, 2.45) is 0 Å². The van der Waals surface area contributed by atoms with E-state index in [1.807, 2.05) is 60.7 Å². The van der Waals surface area contributed by atoms with E-state index in [1.165, 1.54) is 5.56 Å². The van der Waals surface area contributed by atoms with Gasteiger partial charge in [0.15, 0.2) is 11.5 Å². The van der Waals surface area contributed by atoms with Crippen LogP contribution in [0.15, 0.2) is 72.8 Å². The van der Waals surface area contributed by atoms with Gasteiger partial charge in [0, 0.05) is 29.3 Å². The van der Waals surface area contributed by atoms with Gasteiger partial charge in [-0.15, -0.1) is 0 Å². The number of rotatable bonds is 7. The molecule has 2 fully saturated rings. The van der Waals surface area contributed by atoms with Crippen LogP contribution in [-0.2, 0) is 5.41 Å². The van der Waals surface area contributed by atoms with Crippen LogP contribution in [0.5, 0.6) is 23.0 Å². The Bertz CT molecular complexity index is 1230. The molecule has 7 heteroatoms. The van der Waals surface area contributed by atoms with Crippen LogP contribution < -0.4 is 24.8 Å². The van der Waals surface area contributed by atoms with Crippen LogP contribution in [0.2, 0.25) is 0 Å². The lowest BCUT2D eigenvalue weighted by molar-refractivity contribution is 0.156. The summed E-state index contributed by atoms with van der Waals surface area (Å²) in [5, 5.41) is 6.20. The molecule has 0 bridgehead atoms. The van der Waals surface area contributed by atoms with Crippen LogP contribution >= 0.6 is 0 Å². The third kappa shape index (κ3) is 5.23. The molecule has 1 saturated heterocycles. The molecule has 0 unspecified atom stereocenters. The van der Waals surface area contributed by atoms with E-state index in [2.05, 4.69) is 34.7 Å². The Labute approximate surface area is 218 Å². The van der Waals surface area contributed by atoms with E-state index in [-0.39, 0.29) is 17.5 Å². The number of hydrogen-bond acceptors (Lipinski definition) is 5. The summed E-state index contributed by atoms with van der Waals surface area (Å²) in [7, 11) is 5.53. The van der Waals surface area contributed by atoms with Crippen molar-refractivity contribution in [1.29, 1.82) is 0 Å². The number of para-hydroxylation sites is 1. The van der Waals surface area contributed by atoms with Gasteiger partial charge < -0.3 is 29.7 Å². The molecule has 0 aromatic heterocycles. The smallest absolute Gasteiger partial charge is 0.319 e. The van der Waals surface area contributed by atoms with Crippen molar-refractivity contribution in [2.45, 2.75) is 43.2 Å². The number of benzene rings is 3. The number of amides is 2. The van der Waals surface area contributed by atoms with Crippen molar-refractivity contribution in [3.63, 3.8) is 0 Å². The van der Waals surface area contributed by atoms with Crippen LogP contribution in [0.4, 0.5) is 10.5 Å². The first-order valence-corrected chi connectivity index (χ1v) is 12.8. The fraction of sp³-hybridized carbons (Fsp3) is 0.367. The van der Waals surface area contributed by atoms with Gasteiger partial charge in [0.1, 0.15) is 11.5 Å². The number of likely N-dealkylation sites (N-methyl/N-ethyl adjacent to an activating group) is 1. The predicted octanol–water partition coefficient (Wildman–Crippen LogP) is 5.81. The van der Waals surface area contributed by atoms with Gasteiger partial charge in [-0.05, 0) is 81.2 Å². The number of nitrogens with zero attached hydrogens (tertiary/aromatic N) is 1. The summed E-state index contributed by atoms with van der Waals surface area (Å²) >= 11 is 0. The maximum Gasteiger partial charge on any atom is 0.319 e. The van der Waals surface area contributed by atoms with Crippen molar-refractivity contribution in [3.8, 4) is 23.0 Å². The SMILES string of the molecule is COc1ccc([C@@]23CC[C@H](NC(=O)Nc4cccc(Oc5ccccc5)c4)C[C@H]2N(C)CC3)cc1OC. The van der Waals surface area contributed by atoms with E-state index in [1.54, 1.807) is 14.2 Å². The molecule has 2 N–H and O–H groups in total. The second-order valence-electron chi connectivity index (χ2n) is 9.99. The molecule has 37 heavy (non-hydrogen) atoms. The Morgan fingerprint density at radius 1 is 0.919 bits per heavy atom. The molecule has 3 aromatic rings. The molecule has 1 aliphatic carbocycles. The lowest BCUT2D eigenvalue weighted by Crippen LogP contribution is -2.52. The Kier molecular flexibility index (Phi) is 7.24. The van der Waals surface area contributed by atoms with E-state index in [0.717, 1.165) is 49.5 Å². The Morgan fingerprint density at radius 3 is 2.49 bits per heavy atom. The number of fused-ring (bicyclic) bond motifs is 1. The van der Waals surface area contributed by atoms with Crippen molar-refractivity contribution in [3.05, 3.63) is 78.4 Å². The molecular formula is C30H35N3O4. The molecule has 0 spiro atoms. The Hall–Kier alpha value is -3.71. The number of nitrogens with one attached hydrogen (secondary N) is 2. The summed E-state index contributed by atoms with van der Waals surface area (Å²) in [6.45, 7) is 1.03. The van der Waals surface area contributed by atoms with Gasteiger partial charge in [-0.25, -0.2) is 4.79 Å². The van der Waals surface area contributed by atoms with Crippen LogP contribution in [-0.4, -0.2) is 50.8 Å². The lowest BCUT2D eigenvalue weighted by Gasteiger charge is -2.45. The van der Waals surface area contributed by atoms with Crippen molar-refractivity contribution >= 4 is 11.7 Å². The van der Waals surface area contributed by atoms with Gasteiger partial charge in [-0.1, -0.05) is 30.3 Å². The minimum atomic E-state index is -0.193. The van der Waals surface area contributed by atoms with E-state index >= 15 is 0 Å². The van der Waals surface area contributed by atoms with Crippen LogP contribution in [0.1, 0.15) is 31.2 Å². The van der Waals surface area contributed by atoms with Gasteiger partial charge >= 0.3 is 6.03 Å². The molecule has 3 aromatic carbocycles. The highest BCUT2D eigenvalue weighted by atomic mass is 16.5. The average molecular weight is 502 g/mol. The number of likely N-dealkylation sites (tertiary alicyclic amines) is 1. The number of hydrogen-bond donors (Lipinski definition) is 2. The molecule has 5 rings (SSSR count). The van der Waals surface area contributed by atoms with Gasteiger partial charge in [0.2, 0.25) is 0 Å². The highest BCUT2D eigenvalue weighted by Gasteiger charge is 2.50. The van der Waals surface area contributed by atoms with E-state index in [4.69, 9.17) is 14.2 Å². The van der Waals surface area contributed by atoms with Crippen molar-refractivity contribution < 1.29 is 19.0 Å². The number of ether oxygens (including phenoxy) is 3. The summed E-state index contributed by atoms with van der Waals surface area (Å²) in [6, 6.07) is 23.6. The van der Waals surface area contributed by atoms with E-state index in [0.29, 0.717) is 17.5 Å². The molecule has 1 saturated carbocycles. The zero-order valence-electron chi connectivity index (χ0n) is 21.7. The Morgan fingerprint density at radius 2 is 1.70 bits per heavy atom. The van der Waals surface area contributed by atoms with Crippen LogP contribution in [0.25, 0.3) is 0 Å². The highest BCUT2D eigenvalue weighted by molar-refractivity contribution is 5.89. The van der Waals surface area contributed by atoms with Crippen molar-refractivity contribution in [1.82, 2.24) is 10.2 Å². The summed E-state index contributed by atoms with van der Waals surface area (Å²) in [6.07, 6.45) is 3.91. The molecular weight excluding hydrogens is 466 g/mol. The summed E-state index contributed by atoms with van der Waals surface area (Å²) in [5.41, 5.74) is 2.03. The molecule has 194 valence electrons. The van der Waals surface area contributed by atoms with Crippen molar-refractivity contribution in [2.75, 3.05) is 33.1 Å². The second kappa shape index (κ2) is 10.7. The first-order chi connectivity index (χ1) is 18.0. The van der Waals surface area contributed by atoms with Gasteiger partial charge in [-0.2, -0.15) is 0 Å². The molecule has 7 nitrogen and oxygen atoms in total. The van der Waals surface area contributed by atoms with E-state index < -0.39 is 0 Å². The number of methoxy groups -OCH3 is 2. The number of carbonyl (C=O) groups excluding carboxylic acids is 1. The number of urea groups is 1. The summed E-state index contributed by atoms with van der Waals surface area (Å²) in [5.74, 6) is 2.94. The zero-order chi connectivity index (χ0) is 25.8. The number of carbonyl (C=O) groups is 1. The first-order valence-electron chi connectivity index (χ1n) is 12.8.